The number of nitrogens with one attached hydrogen (secondary N) is 2. The summed E-state index contributed by atoms with van der Waals surface area (Å²) in [6.45, 7) is 6.56. The predicted octanol–water partition coefficient (Wildman–Crippen LogP) is 3.31. The summed E-state index contributed by atoms with van der Waals surface area (Å²) < 4.78 is 0. The third-order valence-corrected chi connectivity index (χ3v) is 3.62. The number of aryl methyl sites for hydroxylation is 1. The molecular formula is C16H21N3S. The van der Waals surface area contributed by atoms with Gasteiger partial charge in [-0.2, -0.15) is 11.3 Å². The zero-order valence-corrected chi connectivity index (χ0v) is 12.8. The first kappa shape index (κ1) is 14.6. The van der Waals surface area contributed by atoms with Crippen molar-refractivity contribution in [1.29, 1.82) is 0 Å². The largest absolute Gasteiger partial charge is 0.357 e. The van der Waals surface area contributed by atoms with E-state index in [1.54, 1.807) is 11.3 Å². The average Bonchev–Trinajstić information content (AvgIpc) is 2.95. The molecule has 0 unspecified atom stereocenters. The summed E-state index contributed by atoms with van der Waals surface area (Å²) in [5.41, 5.74) is 3.80. The summed E-state index contributed by atoms with van der Waals surface area (Å²) in [5.74, 6) is 0.861. The highest BCUT2D eigenvalue weighted by Crippen LogP contribution is 2.07. The van der Waals surface area contributed by atoms with E-state index < -0.39 is 0 Å². The third kappa shape index (κ3) is 4.70. The Balaban J connectivity index is 1.93. The number of hydrogen-bond donors (Lipinski definition) is 2. The minimum absolute atomic E-state index is 0.715. The third-order valence-electron chi connectivity index (χ3n) is 2.89. The van der Waals surface area contributed by atoms with Crippen LogP contribution in [0.1, 0.15) is 23.6 Å². The number of nitrogens with zero attached hydrogens (tertiary/aromatic N) is 1. The molecule has 0 bridgehead atoms. The summed E-state index contributed by atoms with van der Waals surface area (Å²) in [4.78, 5) is 4.59. The average molecular weight is 287 g/mol. The molecule has 0 aliphatic carbocycles. The van der Waals surface area contributed by atoms with E-state index in [-0.39, 0.29) is 0 Å². The molecule has 4 heteroatoms. The molecule has 0 aliphatic rings. The monoisotopic (exact) mass is 287 g/mol. The fourth-order valence-corrected chi connectivity index (χ4v) is 2.56. The molecule has 0 aliphatic heterocycles. The van der Waals surface area contributed by atoms with E-state index in [4.69, 9.17) is 0 Å². The lowest BCUT2D eigenvalue weighted by molar-refractivity contribution is 0.816. The summed E-state index contributed by atoms with van der Waals surface area (Å²) >= 11 is 1.71. The van der Waals surface area contributed by atoms with E-state index in [1.165, 1.54) is 16.7 Å². The van der Waals surface area contributed by atoms with Gasteiger partial charge in [-0.15, -0.1) is 0 Å². The minimum atomic E-state index is 0.715. The Morgan fingerprint density at radius 2 is 2.10 bits per heavy atom. The SMILES string of the molecule is CCNC(=NCc1ccsc1)NCc1cccc(C)c1. The minimum Gasteiger partial charge on any atom is -0.357 e. The summed E-state index contributed by atoms with van der Waals surface area (Å²) in [5, 5.41) is 10.9. The lowest BCUT2D eigenvalue weighted by Gasteiger charge is -2.11. The molecule has 106 valence electrons. The zero-order valence-electron chi connectivity index (χ0n) is 12.0. The van der Waals surface area contributed by atoms with E-state index in [2.05, 4.69) is 70.6 Å². The van der Waals surface area contributed by atoms with Gasteiger partial charge in [-0.25, -0.2) is 4.99 Å². The topological polar surface area (TPSA) is 36.4 Å². The van der Waals surface area contributed by atoms with Gasteiger partial charge in [0.05, 0.1) is 6.54 Å². The molecule has 1 aromatic carbocycles. The molecule has 2 rings (SSSR count). The second kappa shape index (κ2) is 7.70. The van der Waals surface area contributed by atoms with Gasteiger partial charge in [-0.1, -0.05) is 29.8 Å². The Morgan fingerprint density at radius 3 is 2.80 bits per heavy atom. The molecule has 0 atom stereocenters. The summed E-state index contributed by atoms with van der Waals surface area (Å²) in [6, 6.07) is 10.6. The van der Waals surface area contributed by atoms with Crippen LogP contribution in [0.25, 0.3) is 0 Å². The van der Waals surface area contributed by atoms with Gasteiger partial charge in [-0.3, -0.25) is 0 Å². The van der Waals surface area contributed by atoms with Gasteiger partial charge in [0.15, 0.2) is 5.96 Å². The maximum absolute atomic E-state index is 4.59. The van der Waals surface area contributed by atoms with Crippen molar-refractivity contribution >= 4 is 17.3 Å². The Hall–Kier alpha value is -1.81. The Bertz CT molecular complexity index is 547. The standard InChI is InChI=1S/C16H21N3S/c1-3-17-16(19-11-15-7-8-20-12-15)18-10-14-6-4-5-13(2)9-14/h4-9,12H,3,10-11H2,1-2H3,(H2,17,18,19). The smallest absolute Gasteiger partial charge is 0.191 e. The second-order valence-electron chi connectivity index (χ2n) is 4.67. The van der Waals surface area contributed by atoms with Crippen LogP contribution in [0.4, 0.5) is 0 Å². The number of guanidine groups is 1. The Labute approximate surface area is 124 Å². The first-order chi connectivity index (χ1) is 9.78. The summed E-state index contributed by atoms with van der Waals surface area (Å²) in [6.07, 6.45) is 0. The molecule has 0 saturated carbocycles. The molecule has 1 aromatic heterocycles. The molecule has 3 nitrogen and oxygen atoms in total. The highest BCUT2D eigenvalue weighted by molar-refractivity contribution is 7.07. The molecule has 0 amide bonds. The maximum Gasteiger partial charge on any atom is 0.191 e. The molecule has 2 aromatic rings. The van der Waals surface area contributed by atoms with Crippen molar-refractivity contribution in [3.63, 3.8) is 0 Å². The number of hydrogen-bond acceptors (Lipinski definition) is 2. The number of benzene rings is 1. The quantitative estimate of drug-likeness (QED) is 0.654. The highest BCUT2D eigenvalue weighted by atomic mass is 32.1. The molecule has 20 heavy (non-hydrogen) atoms. The van der Waals surface area contributed by atoms with Crippen molar-refractivity contribution in [2.45, 2.75) is 26.9 Å². The van der Waals surface area contributed by atoms with Crippen molar-refractivity contribution < 1.29 is 0 Å². The molecule has 1 heterocycles. The zero-order chi connectivity index (χ0) is 14.2. The van der Waals surface area contributed by atoms with Gasteiger partial charge in [0, 0.05) is 13.1 Å². The predicted molar refractivity (Wildman–Crippen MR) is 87.2 cm³/mol. The summed E-state index contributed by atoms with van der Waals surface area (Å²) in [7, 11) is 0. The van der Waals surface area contributed by atoms with Crippen LogP contribution in [0.3, 0.4) is 0 Å². The van der Waals surface area contributed by atoms with Crippen LogP contribution in [0.15, 0.2) is 46.1 Å². The lowest BCUT2D eigenvalue weighted by atomic mass is 10.1. The van der Waals surface area contributed by atoms with Gasteiger partial charge in [0.2, 0.25) is 0 Å². The molecule has 0 fully saturated rings. The molecule has 0 saturated heterocycles. The first-order valence-electron chi connectivity index (χ1n) is 6.86. The fourth-order valence-electron chi connectivity index (χ4n) is 1.90. The van der Waals surface area contributed by atoms with E-state index in [1.807, 2.05) is 0 Å². The molecule has 0 radical (unpaired) electrons. The normalized spacial score (nSPS) is 11.4. The number of aliphatic imine (C=N–C) groups is 1. The van der Waals surface area contributed by atoms with Crippen LogP contribution in [0.2, 0.25) is 0 Å². The van der Waals surface area contributed by atoms with Gasteiger partial charge in [-0.05, 0) is 41.8 Å². The van der Waals surface area contributed by atoms with Crippen molar-refractivity contribution in [3.8, 4) is 0 Å². The van der Waals surface area contributed by atoms with Crippen molar-refractivity contribution in [3.05, 3.63) is 57.8 Å². The number of rotatable bonds is 5. The molecular weight excluding hydrogens is 266 g/mol. The fraction of sp³-hybridized carbons (Fsp3) is 0.312. The van der Waals surface area contributed by atoms with Gasteiger partial charge in [0.1, 0.15) is 0 Å². The van der Waals surface area contributed by atoms with Gasteiger partial charge < -0.3 is 10.6 Å². The molecule has 2 N–H and O–H groups in total. The van der Waals surface area contributed by atoms with Crippen LogP contribution in [-0.4, -0.2) is 12.5 Å². The lowest BCUT2D eigenvalue weighted by Crippen LogP contribution is -2.36. The van der Waals surface area contributed by atoms with Crippen molar-refractivity contribution in [2.75, 3.05) is 6.54 Å². The van der Waals surface area contributed by atoms with Crippen LogP contribution in [-0.2, 0) is 13.1 Å². The number of thiophene rings is 1. The molecule has 0 spiro atoms. The first-order valence-corrected chi connectivity index (χ1v) is 7.81. The van der Waals surface area contributed by atoms with Gasteiger partial charge >= 0.3 is 0 Å². The second-order valence-corrected chi connectivity index (χ2v) is 5.45. The van der Waals surface area contributed by atoms with Crippen molar-refractivity contribution in [1.82, 2.24) is 10.6 Å². The van der Waals surface area contributed by atoms with Crippen LogP contribution >= 0.6 is 11.3 Å². The van der Waals surface area contributed by atoms with Crippen LogP contribution in [0.5, 0.6) is 0 Å². The van der Waals surface area contributed by atoms with E-state index >= 15 is 0 Å². The van der Waals surface area contributed by atoms with E-state index in [0.29, 0.717) is 6.54 Å². The van der Waals surface area contributed by atoms with E-state index in [9.17, 15) is 0 Å². The van der Waals surface area contributed by atoms with Crippen LogP contribution in [0, 0.1) is 6.92 Å². The highest BCUT2D eigenvalue weighted by Gasteiger charge is 1.99. The van der Waals surface area contributed by atoms with Crippen molar-refractivity contribution in [2.24, 2.45) is 4.99 Å². The Kier molecular flexibility index (Phi) is 5.62. The van der Waals surface area contributed by atoms with Gasteiger partial charge in [0.25, 0.3) is 0 Å². The Morgan fingerprint density at radius 1 is 1.20 bits per heavy atom. The van der Waals surface area contributed by atoms with Crippen LogP contribution < -0.4 is 10.6 Å². The van der Waals surface area contributed by atoms with E-state index in [0.717, 1.165) is 19.0 Å². The maximum atomic E-state index is 4.59.